The van der Waals surface area contributed by atoms with Crippen molar-refractivity contribution in [3.63, 3.8) is 0 Å². The van der Waals surface area contributed by atoms with Crippen molar-refractivity contribution in [2.24, 2.45) is 5.92 Å². The fourth-order valence-corrected chi connectivity index (χ4v) is 51.8. The molecule has 20 heavy (non-hydrogen) atoms. The zero-order chi connectivity index (χ0) is 16.2. The molecule has 0 N–H and O–H groups in total. The van der Waals surface area contributed by atoms with Gasteiger partial charge in [-0.25, -0.2) is 0 Å². The minimum absolute atomic E-state index is 0.245. The summed E-state index contributed by atoms with van der Waals surface area (Å²) in [6.07, 6.45) is 0.121. The molecule has 0 nitrogen and oxygen atoms in total. The molecule has 0 aromatic heterocycles. The Kier molecular flexibility index (Phi) is 5.96. The molecule has 1 rings (SSSR count). The SMILES string of the molecule is CC(C)C1C[PH](C)(C)[PH](C)(C)P(C)CP(C)P1(C)(C)C. The van der Waals surface area contributed by atoms with Crippen LogP contribution in [-0.4, -0.2) is 77.7 Å². The van der Waals surface area contributed by atoms with Gasteiger partial charge in [0.25, 0.3) is 0 Å². The molecule has 0 bridgehead atoms. The van der Waals surface area contributed by atoms with E-state index in [4.69, 9.17) is 0 Å². The van der Waals surface area contributed by atoms with Gasteiger partial charge in [0.2, 0.25) is 0 Å². The maximum atomic E-state index is 2.76. The average Bonchev–Trinajstić information content (AvgIpc) is 2.23. The van der Waals surface area contributed by atoms with Gasteiger partial charge in [-0.1, -0.05) is 0 Å². The van der Waals surface area contributed by atoms with Crippen molar-refractivity contribution in [3.8, 4) is 0 Å². The zero-order valence-corrected chi connectivity index (χ0v) is 20.6. The summed E-state index contributed by atoms with van der Waals surface area (Å²) in [5, 5.41) is 0. The van der Waals surface area contributed by atoms with Crippen molar-refractivity contribution in [3.05, 3.63) is 0 Å². The van der Waals surface area contributed by atoms with Gasteiger partial charge in [0, 0.05) is 0 Å². The Morgan fingerprint density at radius 2 is 1.45 bits per heavy atom. The van der Waals surface area contributed by atoms with Crippen LogP contribution in [0.3, 0.4) is 0 Å². The second kappa shape index (κ2) is 5.90. The Morgan fingerprint density at radius 3 is 1.85 bits per heavy atom. The first kappa shape index (κ1) is 20.2. The van der Waals surface area contributed by atoms with Gasteiger partial charge in [0.1, 0.15) is 0 Å². The molecule has 126 valence electrons. The molecular weight excluding hydrogens is 335 g/mol. The minimum atomic E-state index is -1.51. The van der Waals surface area contributed by atoms with Crippen LogP contribution in [0.4, 0.5) is 0 Å². The Bertz CT molecular complexity index is 364. The summed E-state index contributed by atoms with van der Waals surface area (Å²) >= 11 is 0. The first-order valence-corrected chi connectivity index (χ1v) is 24.4. The van der Waals surface area contributed by atoms with E-state index in [1.54, 1.807) is 12.1 Å². The molecule has 3 atom stereocenters. The van der Waals surface area contributed by atoms with E-state index in [0.29, 0.717) is 7.61 Å². The van der Waals surface area contributed by atoms with E-state index in [1.807, 2.05) is 0 Å². The van der Waals surface area contributed by atoms with Gasteiger partial charge in [-0.15, -0.1) is 0 Å². The van der Waals surface area contributed by atoms with Crippen LogP contribution >= 0.6 is 35.1 Å². The number of rotatable bonds is 1. The summed E-state index contributed by atoms with van der Waals surface area (Å²) in [5.74, 6) is 2.51. The topological polar surface area (TPSA) is 0 Å². The second-order valence-corrected chi connectivity index (χ2v) is 48.3. The van der Waals surface area contributed by atoms with Gasteiger partial charge in [-0.3, -0.25) is 0 Å². The summed E-state index contributed by atoms with van der Waals surface area (Å²) in [4.78, 5) is 0. The van der Waals surface area contributed by atoms with Gasteiger partial charge in [0.15, 0.2) is 0 Å². The molecule has 5 heteroatoms. The molecule has 0 saturated carbocycles. The van der Waals surface area contributed by atoms with Crippen LogP contribution < -0.4 is 0 Å². The Labute approximate surface area is 132 Å². The van der Waals surface area contributed by atoms with Gasteiger partial charge in [-0.05, 0) is 0 Å². The van der Waals surface area contributed by atoms with E-state index in [2.05, 4.69) is 73.8 Å². The molecule has 0 aromatic carbocycles. The van der Waals surface area contributed by atoms with Gasteiger partial charge < -0.3 is 0 Å². The van der Waals surface area contributed by atoms with E-state index in [9.17, 15) is 0 Å². The Morgan fingerprint density at radius 1 is 1.00 bits per heavy atom. The average molecular weight is 376 g/mol. The quantitative estimate of drug-likeness (QED) is 0.464. The van der Waals surface area contributed by atoms with E-state index in [1.165, 1.54) is 0 Å². The normalized spacial score (nSPS) is 44.4. The van der Waals surface area contributed by atoms with Crippen LogP contribution in [-0.2, 0) is 0 Å². The Hall–Kier alpha value is 2.15. The molecule has 1 aliphatic heterocycles. The molecular formula is C15H41P5. The molecule has 0 spiro atoms. The van der Waals surface area contributed by atoms with Crippen molar-refractivity contribution in [2.75, 3.05) is 72.0 Å². The van der Waals surface area contributed by atoms with E-state index in [0.717, 1.165) is 11.6 Å². The van der Waals surface area contributed by atoms with Gasteiger partial charge >= 0.3 is 133 Å². The first-order valence-electron chi connectivity index (χ1n) is 8.05. The van der Waals surface area contributed by atoms with Crippen molar-refractivity contribution >= 4 is 35.1 Å². The van der Waals surface area contributed by atoms with Crippen LogP contribution in [0.5, 0.6) is 0 Å². The first-order chi connectivity index (χ1) is 8.62. The van der Waals surface area contributed by atoms with Crippen molar-refractivity contribution in [1.82, 2.24) is 0 Å². The molecule has 3 unspecified atom stereocenters. The van der Waals surface area contributed by atoms with Crippen LogP contribution in [0, 0.1) is 5.92 Å². The van der Waals surface area contributed by atoms with E-state index < -0.39 is 19.9 Å². The molecule has 0 radical (unpaired) electrons. The predicted molar refractivity (Wildman–Crippen MR) is 119 cm³/mol. The summed E-state index contributed by atoms with van der Waals surface area (Å²) in [6, 6.07) is 0. The third-order valence-electron chi connectivity index (χ3n) is 6.88. The second-order valence-electron chi connectivity index (χ2n) is 9.79. The maximum absolute atomic E-state index is 2.76. The van der Waals surface area contributed by atoms with Gasteiger partial charge in [-0.2, -0.15) is 0 Å². The summed E-state index contributed by atoms with van der Waals surface area (Å²) in [7, 11) is 0.572. The van der Waals surface area contributed by atoms with Gasteiger partial charge in [0.05, 0.1) is 0 Å². The van der Waals surface area contributed by atoms with E-state index in [-0.39, 0.29) is 7.61 Å². The fourth-order valence-electron chi connectivity index (χ4n) is 3.83. The van der Waals surface area contributed by atoms with Crippen LogP contribution in [0.15, 0.2) is 0 Å². The van der Waals surface area contributed by atoms with Crippen LogP contribution in [0.25, 0.3) is 0 Å². The third kappa shape index (κ3) is 3.47. The molecule has 1 fully saturated rings. The monoisotopic (exact) mass is 376 g/mol. The predicted octanol–water partition coefficient (Wildman–Crippen LogP) is 6.41. The third-order valence-corrected chi connectivity index (χ3v) is 58.5. The molecule has 1 heterocycles. The summed E-state index contributed by atoms with van der Waals surface area (Å²) in [6.45, 7) is 27.6. The van der Waals surface area contributed by atoms with Crippen molar-refractivity contribution < 1.29 is 0 Å². The Balaban J connectivity index is 3.39. The van der Waals surface area contributed by atoms with E-state index >= 15 is 0 Å². The fraction of sp³-hybridized carbons (Fsp3) is 1.00. The summed E-state index contributed by atoms with van der Waals surface area (Å²) < 4.78 is 0. The number of hydrogen-bond acceptors (Lipinski definition) is 0. The standard InChI is InChI=1S/C15H41P5/c1-14(2)15-12-18(5,6)19(7,8)16(3)13-17(4)20(15,9,10)11/h14-15,18-19H,12-13H2,1-11H3. The molecule has 0 amide bonds. The molecule has 1 saturated heterocycles. The summed E-state index contributed by atoms with van der Waals surface area (Å²) in [5.41, 5.74) is 1.04. The molecule has 0 aliphatic carbocycles. The van der Waals surface area contributed by atoms with Crippen molar-refractivity contribution in [1.29, 1.82) is 0 Å². The molecule has 0 aromatic rings. The van der Waals surface area contributed by atoms with Crippen LogP contribution in [0.1, 0.15) is 13.8 Å². The number of hydrogen-bond donors (Lipinski definition) is 0. The zero-order valence-electron chi connectivity index (χ0n) is 15.9. The van der Waals surface area contributed by atoms with Crippen LogP contribution in [0.2, 0.25) is 0 Å². The van der Waals surface area contributed by atoms with Crippen molar-refractivity contribution in [2.45, 2.75) is 19.5 Å². The molecule has 1 aliphatic rings.